The minimum atomic E-state index is -0.995. The highest BCUT2D eigenvalue weighted by Gasteiger charge is 2.64. The third-order valence-electron chi connectivity index (χ3n) is 13.1. The van der Waals surface area contributed by atoms with Crippen molar-refractivity contribution in [2.45, 2.75) is 185 Å². The smallest absolute Gasteiger partial charge is 0.230 e. The number of aliphatic hydroxyl groups is 2. The molecule has 63 heavy (non-hydrogen) atoms. The van der Waals surface area contributed by atoms with Crippen LogP contribution < -0.4 is 9.47 Å². The normalized spacial score (nSPS) is 23.4. The van der Waals surface area contributed by atoms with E-state index in [0.29, 0.717) is 30.1 Å². The van der Waals surface area contributed by atoms with Crippen LogP contribution in [0.25, 0.3) is 0 Å². The second kappa shape index (κ2) is 26.8. The lowest BCUT2D eigenvalue weighted by Gasteiger charge is -2.58. The van der Waals surface area contributed by atoms with E-state index in [-0.39, 0.29) is 42.1 Å². The molecule has 1 aliphatic heterocycles. The lowest BCUT2D eigenvalue weighted by molar-refractivity contribution is -0.223. The number of ether oxygens (including phenoxy) is 3. The Hall–Kier alpha value is -3.11. The van der Waals surface area contributed by atoms with Crippen molar-refractivity contribution in [1.82, 2.24) is 0 Å². The monoisotopic (exact) mass is 888 g/mol. The number of oxime groups is 1. The third-order valence-corrected chi connectivity index (χ3v) is 14.5. The number of hydrogen-bond donors (Lipinski definition) is 2. The number of aldehydes is 1. The van der Waals surface area contributed by atoms with Crippen molar-refractivity contribution in [2.24, 2.45) is 22.9 Å². The second-order valence-electron chi connectivity index (χ2n) is 19.2. The van der Waals surface area contributed by atoms with Crippen LogP contribution in [0.15, 0.2) is 71.9 Å². The van der Waals surface area contributed by atoms with Crippen LogP contribution in [0.5, 0.6) is 17.2 Å². The zero-order valence-corrected chi connectivity index (χ0v) is 40.2. The molecule has 9 heteroatoms. The summed E-state index contributed by atoms with van der Waals surface area (Å²) in [5.74, 6) is 2.24. The van der Waals surface area contributed by atoms with E-state index in [0.717, 1.165) is 79.6 Å². The van der Waals surface area contributed by atoms with Crippen molar-refractivity contribution in [3.05, 3.63) is 77.9 Å². The molecule has 2 N–H and O–H groups in total. The lowest BCUT2D eigenvalue weighted by Crippen LogP contribution is -2.64. The van der Waals surface area contributed by atoms with Gasteiger partial charge in [0.1, 0.15) is 29.1 Å². The quantitative estimate of drug-likeness (QED) is 0.0334. The van der Waals surface area contributed by atoms with Gasteiger partial charge in [0, 0.05) is 36.7 Å². The van der Waals surface area contributed by atoms with E-state index in [4.69, 9.17) is 24.2 Å². The molecule has 8 nitrogen and oxygen atoms in total. The van der Waals surface area contributed by atoms with Gasteiger partial charge >= 0.3 is 0 Å². The van der Waals surface area contributed by atoms with E-state index >= 15 is 0 Å². The molecule has 5 rings (SSSR count). The Morgan fingerprint density at radius 1 is 0.841 bits per heavy atom. The van der Waals surface area contributed by atoms with E-state index in [1.54, 1.807) is 12.1 Å². The van der Waals surface area contributed by atoms with Crippen LogP contribution in [0.2, 0.25) is 0 Å². The Balaban J connectivity index is 1.45. The van der Waals surface area contributed by atoms with Crippen molar-refractivity contribution in [3.8, 4) is 17.2 Å². The first kappa shape index (κ1) is 50.9. The van der Waals surface area contributed by atoms with Crippen LogP contribution in [0.4, 0.5) is 0 Å². The first-order valence-electron chi connectivity index (χ1n) is 24.8. The minimum Gasteiger partial charge on any atom is -0.460 e. The highest BCUT2D eigenvalue weighted by atomic mass is 32.2. The van der Waals surface area contributed by atoms with Crippen LogP contribution in [0.1, 0.15) is 184 Å². The van der Waals surface area contributed by atoms with Crippen molar-refractivity contribution < 1.29 is 34.1 Å². The molecule has 0 saturated heterocycles. The predicted octanol–water partition coefficient (Wildman–Crippen LogP) is 13.9. The van der Waals surface area contributed by atoms with Gasteiger partial charge in [0.25, 0.3) is 0 Å². The summed E-state index contributed by atoms with van der Waals surface area (Å²) in [5.41, 5.74) is 3.25. The lowest BCUT2D eigenvalue weighted by atomic mass is 9.56. The molecular weight excluding hydrogens is 807 g/mol. The number of carbonyl (C=O) groups excluding carboxylic acids is 1. The number of hydrogen-bond acceptors (Lipinski definition) is 9. The third kappa shape index (κ3) is 15.0. The maximum atomic E-state index is 11.6. The number of benzene rings is 2. The van der Waals surface area contributed by atoms with Crippen molar-refractivity contribution in [1.29, 1.82) is 0 Å². The molecule has 0 unspecified atom stereocenters. The van der Waals surface area contributed by atoms with Gasteiger partial charge in [0.05, 0.1) is 23.5 Å². The first-order valence-corrected chi connectivity index (χ1v) is 25.8. The standard InChI is InChI=1S/C54H81NO7S/c1-6-8-9-10-11-12-13-14-15-16-17-18-19-24-35-63-50-39-48(55-62-53(3,4)5)46-37-42(27-20-22-32-56)45(29-21-23-33-57)51-47-38-44(60-43-28-25-26-41(36-43)40-58)30-31-49(47)61-54(50,52(46)51)59-34-7-2/h7,25-26,28,30-31,36-38,40,42,45,50-52,56-57H,2,6,8-24,27,29,32-35,39H2,1,3-5H3/t42-,45+,50-,51+,52+,54+/m0/s1. The topological polar surface area (TPSA) is 107 Å². The molecule has 0 amide bonds. The molecule has 0 aromatic heterocycles. The number of aliphatic hydroxyl groups excluding tert-OH is 2. The fourth-order valence-electron chi connectivity index (χ4n) is 10.0. The highest BCUT2D eigenvalue weighted by molar-refractivity contribution is 8.00. The van der Waals surface area contributed by atoms with Gasteiger partial charge in [0.15, 0.2) is 0 Å². The minimum absolute atomic E-state index is 0.0226. The summed E-state index contributed by atoms with van der Waals surface area (Å²) in [6.07, 6.45) is 29.5. The Labute approximate surface area is 385 Å². The van der Waals surface area contributed by atoms with Gasteiger partial charge in [-0.05, 0) is 106 Å². The summed E-state index contributed by atoms with van der Waals surface area (Å²) in [4.78, 5) is 17.9. The largest absolute Gasteiger partial charge is 0.460 e. The van der Waals surface area contributed by atoms with Crippen LogP contribution in [0, 0.1) is 17.8 Å². The predicted molar refractivity (Wildman–Crippen MR) is 260 cm³/mol. The fraction of sp³-hybridized carbons (Fsp3) is 0.667. The molecule has 2 aliphatic carbocycles. The summed E-state index contributed by atoms with van der Waals surface area (Å²) in [6.45, 7) is 13.2. The number of carbonyl (C=O) groups is 1. The molecule has 0 radical (unpaired) electrons. The summed E-state index contributed by atoms with van der Waals surface area (Å²) in [7, 11) is 0. The molecule has 0 spiro atoms. The molecular formula is C54H81NO7S. The average Bonchev–Trinajstić information content (AvgIpc) is 3.27. The van der Waals surface area contributed by atoms with E-state index in [2.05, 4.69) is 25.6 Å². The van der Waals surface area contributed by atoms with Gasteiger partial charge in [-0.2, -0.15) is 11.8 Å². The first-order chi connectivity index (χ1) is 30.7. The average molecular weight is 888 g/mol. The SMILES string of the molecule is C=CCO[C@@]12Oc3ccc(Oc4cccc(C=O)c4)cc3[C@H]3[C@H](CCCCO)[C@@H](CCCCO)C=C(C(=NOC(C)(C)C)C[C@@H]1SCCCCCCCCCCCCCCCC)[C@H]32. The number of nitrogens with zero attached hydrogens (tertiary/aromatic N) is 1. The molecule has 2 aromatic rings. The van der Waals surface area contributed by atoms with Gasteiger partial charge in [0.2, 0.25) is 5.79 Å². The summed E-state index contributed by atoms with van der Waals surface area (Å²) in [5, 5.41) is 24.8. The number of allylic oxidation sites excluding steroid dienone is 1. The summed E-state index contributed by atoms with van der Waals surface area (Å²) >= 11 is 1.95. The van der Waals surface area contributed by atoms with Gasteiger partial charge in [-0.15, -0.1) is 6.58 Å². The zero-order valence-electron chi connectivity index (χ0n) is 39.3. The molecule has 1 saturated carbocycles. The van der Waals surface area contributed by atoms with Gasteiger partial charge in [-0.25, -0.2) is 0 Å². The van der Waals surface area contributed by atoms with E-state index in [1.807, 2.05) is 62.9 Å². The van der Waals surface area contributed by atoms with E-state index in [1.165, 1.54) is 83.5 Å². The van der Waals surface area contributed by atoms with E-state index < -0.39 is 11.4 Å². The van der Waals surface area contributed by atoms with E-state index in [9.17, 15) is 15.0 Å². The van der Waals surface area contributed by atoms with Crippen LogP contribution >= 0.6 is 11.8 Å². The number of thioether (sulfide) groups is 1. The van der Waals surface area contributed by atoms with Crippen molar-refractivity contribution in [3.63, 3.8) is 0 Å². The Morgan fingerprint density at radius 3 is 2.13 bits per heavy atom. The second-order valence-corrected chi connectivity index (χ2v) is 20.5. The van der Waals surface area contributed by atoms with Crippen molar-refractivity contribution in [2.75, 3.05) is 25.6 Å². The Morgan fingerprint density at radius 2 is 1.49 bits per heavy atom. The van der Waals surface area contributed by atoms with Gasteiger partial charge < -0.3 is 29.3 Å². The summed E-state index contributed by atoms with van der Waals surface area (Å²) < 4.78 is 21.0. The Kier molecular flexibility index (Phi) is 21.6. The van der Waals surface area contributed by atoms with Gasteiger partial charge in [-0.3, -0.25) is 4.79 Å². The number of unbranched alkanes of at least 4 members (excludes halogenated alkanes) is 15. The zero-order chi connectivity index (χ0) is 44.9. The molecule has 6 atom stereocenters. The maximum absolute atomic E-state index is 11.6. The van der Waals surface area contributed by atoms with Crippen LogP contribution in [0.3, 0.4) is 0 Å². The number of rotatable bonds is 31. The molecule has 0 bridgehead atoms. The molecule has 1 heterocycles. The van der Waals surface area contributed by atoms with Crippen molar-refractivity contribution >= 4 is 23.8 Å². The Bertz CT molecular complexity index is 1740. The fourth-order valence-corrected chi connectivity index (χ4v) is 11.5. The van der Waals surface area contributed by atoms with Crippen LogP contribution in [-0.4, -0.2) is 64.4 Å². The van der Waals surface area contributed by atoms with Crippen LogP contribution in [-0.2, 0) is 9.57 Å². The van der Waals surface area contributed by atoms with Gasteiger partial charge in [-0.1, -0.05) is 133 Å². The highest BCUT2D eigenvalue weighted by Crippen LogP contribution is 2.62. The maximum Gasteiger partial charge on any atom is 0.230 e. The number of fused-ring (bicyclic) bond motifs is 2. The molecule has 2 aromatic carbocycles. The summed E-state index contributed by atoms with van der Waals surface area (Å²) in [6, 6.07) is 13.3. The molecule has 3 aliphatic rings. The molecule has 350 valence electrons. The molecule has 1 fully saturated rings.